The number of rotatable bonds is 7. The number of hydrogen-bond donors (Lipinski definition) is 0. The standard InChI is InChI=1S/C16H21N3O/c1-3-15(4-2)19-10-8-14(18-19)12-16(20)11-13-7-5-6-9-17-13/h5-10,15H,3-4,11-12H2,1-2H3. The lowest BCUT2D eigenvalue weighted by Gasteiger charge is -2.12. The topological polar surface area (TPSA) is 47.8 Å². The average molecular weight is 271 g/mol. The fourth-order valence-corrected chi connectivity index (χ4v) is 2.31. The third kappa shape index (κ3) is 3.76. The molecule has 2 aromatic rings. The molecule has 2 aromatic heterocycles. The van der Waals surface area contributed by atoms with E-state index < -0.39 is 0 Å². The van der Waals surface area contributed by atoms with Crippen LogP contribution in [0.2, 0.25) is 0 Å². The van der Waals surface area contributed by atoms with Gasteiger partial charge < -0.3 is 0 Å². The van der Waals surface area contributed by atoms with Gasteiger partial charge in [0.25, 0.3) is 0 Å². The molecule has 0 saturated carbocycles. The van der Waals surface area contributed by atoms with E-state index in [-0.39, 0.29) is 5.78 Å². The minimum atomic E-state index is 0.151. The Labute approximate surface area is 119 Å². The van der Waals surface area contributed by atoms with Gasteiger partial charge in [-0.3, -0.25) is 14.5 Å². The summed E-state index contributed by atoms with van der Waals surface area (Å²) in [5.74, 6) is 0.151. The Bertz CT molecular complexity index is 544. The predicted octanol–water partition coefficient (Wildman–Crippen LogP) is 2.99. The van der Waals surface area contributed by atoms with Crippen LogP contribution in [0.1, 0.15) is 44.1 Å². The first-order valence-corrected chi connectivity index (χ1v) is 7.18. The van der Waals surface area contributed by atoms with E-state index in [0.29, 0.717) is 18.9 Å². The van der Waals surface area contributed by atoms with Crippen molar-refractivity contribution in [1.82, 2.24) is 14.8 Å². The van der Waals surface area contributed by atoms with Crippen LogP contribution in [0.4, 0.5) is 0 Å². The average Bonchev–Trinajstić information content (AvgIpc) is 2.89. The van der Waals surface area contributed by atoms with E-state index in [9.17, 15) is 4.79 Å². The molecule has 0 N–H and O–H groups in total. The maximum Gasteiger partial charge on any atom is 0.144 e. The van der Waals surface area contributed by atoms with E-state index in [1.165, 1.54) is 0 Å². The highest BCUT2D eigenvalue weighted by atomic mass is 16.1. The normalized spacial score (nSPS) is 10.9. The van der Waals surface area contributed by atoms with Crippen molar-refractivity contribution in [2.75, 3.05) is 0 Å². The summed E-state index contributed by atoms with van der Waals surface area (Å²) in [4.78, 5) is 16.2. The highest BCUT2D eigenvalue weighted by molar-refractivity contribution is 5.82. The van der Waals surface area contributed by atoms with E-state index in [1.807, 2.05) is 35.1 Å². The molecule has 2 heterocycles. The van der Waals surface area contributed by atoms with E-state index >= 15 is 0 Å². The van der Waals surface area contributed by atoms with Crippen molar-refractivity contribution in [3.63, 3.8) is 0 Å². The molecule has 106 valence electrons. The Morgan fingerprint density at radius 3 is 2.55 bits per heavy atom. The second-order valence-electron chi connectivity index (χ2n) is 4.97. The second-order valence-corrected chi connectivity index (χ2v) is 4.97. The first kappa shape index (κ1) is 14.4. The van der Waals surface area contributed by atoms with Crippen LogP contribution in [-0.2, 0) is 17.6 Å². The lowest BCUT2D eigenvalue weighted by Crippen LogP contribution is -2.11. The zero-order valence-electron chi connectivity index (χ0n) is 12.1. The van der Waals surface area contributed by atoms with Gasteiger partial charge in [0.15, 0.2) is 0 Å². The van der Waals surface area contributed by atoms with Crippen molar-refractivity contribution in [2.45, 2.75) is 45.6 Å². The number of carbonyl (C=O) groups excluding carboxylic acids is 1. The van der Waals surface area contributed by atoms with Gasteiger partial charge in [0.05, 0.1) is 18.2 Å². The summed E-state index contributed by atoms with van der Waals surface area (Å²) in [6, 6.07) is 7.99. The van der Waals surface area contributed by atoms with Crippen LogP contribution in [0.15, 0.2) is 36.7 Å². The van der Waals surface area contributed by atoms with E-state index in [0.717, 1.165) is 24.2 Å². The molecule has 0 fully saturated rings. The Morgan fingerprint density at radius 1 is 1.15 bits per heavy atom. The van der Waals surface area contributed by atoms with Crippen molar-refractivity contribution in [1.29, 1.82) is 0 Å². The van der Waals surface area contributed by atoms with Gasteiger partial charge in [-0.1, -0.05) is 19.9 Å². The summed E-state index contributed by atoms with van der Waals surface area (Å²) < 4.78 is 1.98. The maximum atomic E-state index is 12.0. The minimum absolute atomic E-state index is 0.151. The molecule has 0 aromatic carbocycles. The van der Waals surface area contributed by atoms with Crippen molar-refractivity contribution in [3.8, 4) is 0 Å². The van der Waals surface area contributed by atoms with Gasteiger partial charge in [0, 0.05) is 24.5 Å². The van der Waals surface area contributed by atoms with Gasteiger partial charge >= 0.3 is 0 Å². The van der Waals surface area contributed by atoms with Crippen molar-refractivity contribution < 1.29 is 4.79 Å². The Kier molecular flexibility index (Phi) is 5.04. The largest absolute Gasteiger partial charge is 0.299 e. The van der Waals surface area contributed by atoms with Crippen molar-refractivity contribution in [3.05, 3.63) is 48.0 Å². The van der Waals surface area contributed by atoms with Crippen LogP contribution in [0, 0.1) is 0 Å². The molecular formula is C16H21N3O. The number of carbonyl (C=O) groups is 1. The van der Waals surface area contributed by atoms with E-state index in [4.69, 9.17) is 0 Å². The summed E-state index contributed by atoms with van der Waals surface area (Å²) in [5, 5.41) is 4.51. The zero-order chi connectivity index (χ0) is 14.4. The molecule has 0 bridgehead atoms. The van der Waals surface area contributed by atoms with Gasteiger partial charge in [-0.15, -0.1) is 0 Å². The second kappa shape index (κ2) is 6.98. The molecule has 0 unspecified atom stereocenters. The Morgan fingerprint density at radius 2 is 1.90 bits per heavy atom. The predicted molar refractivity (Wildman–Crippen MR) is 78.5 cm³/mol. The summed E-state index contributed by atoms with van der Waals surface area (Å²) in [6.07, 6.45) is 6.55. The van der Waals surface area contributed by atoms with Crippen LogP contribution in [-0.4, -0.2) is 20.5 Å². The minimum Gasteiger partial charge on any atom is -0.299 e. The molecule has 0 aliphatic carbocycles. The van der Waals surface area contributed by atoms with Gasteiger partial charge in [-0.2, -0.15) is 5.10 Å². The summed E-state index contributed by atoms with van der Waals surface area (Å²) >= 11 is 0. The molecule has 0 aliphatic heterocycles. The third-order valence-electron chi connectivity index (χ3n) is 3.46. The van der Waals surface area contributed by atoms with Crippen LogP contribution in [0.5, 0.6) is 0 Å². The number of pyridine rings is 1. The van der Waals surface area contributed by atoms with Gasteiger partial charge in [-0.05, 0) is 31.0 Å². The summed E-state index contributed by atoms with van der Waals surface area (Å²) in [6.45, 7) is 4.31. The molecule has 2 rings (SSSR count). The molecule has 0 atom stereocenters. The van der Waals surface area contributed by atoms with Crippen molar-refractivity contribution in [2.24, 2.45) is 0 Å². The highest BCUT2D eigenvalue weighted by Gasteiger charge is 2.11. The molecule has 0 spiro atoms. The Balaban J connectivity index is 1.95. The fraction of sp³-hybridized carbons (Fsp3) is 0.438. The van der Waals surface area contributed by atoms with Crippen molar-refractivity contribution >= 4 is 5.78 Å². The lowest BCUT2D eigenvalue weighted by atomic mass is 10.1. The molecule has 4 nitrogen and oxygen atoms in total. The van der Waals surface area contributed by atoms with Crippen LogP contribution < -0.4 is 0 Å². The third-order valence-corrected chi connectivity index (χ3v) is 3.46. The van der Waals surface area contributed by atoms with Crippen LogP contribution >= 0.6 is 0 Å². The SMILES string of the molecule is CCC(CC)n1ccc(CC(=O)Cc2ccccn2)n1. The summed E-state index contributed by atoms with van der Waals surface area (Å²) in [7, 11) is 0. The van der Waals surface area contributed by atoms with Crippen LogP contribution in [0.3, 0.4) is 0 Å². The number of nitrogens with zero attached hydrogens (tertiary/aromatic N) is 3. The summed E-state index contributed by atoms with van der Waals surface area (Å²) in [5.41, 5.74) is 1.66. The number of ketones is 1. The van der Waals surface area contributed by atoms with E-state index in [1.54, 1.807) is 6.20 Å². The number of aromatic nitrogens is 3. The first-order valence-electron chi connectivity index (χ1n) is 7.18. The molecule has 4 heteroatoms. The first-order chi connectivity index (χ1) is 9.72. The number of hydrogen-bond acceptors (Lipinski definition) is 3. The fourth-order valence-electron chi connectivity index (χ4n) is 2.31. The molecule has 20 heavy (non-hydrogen) atoms. The van der Waals surface area contributed by atoms with Gasteiger partial charge in [0.1, 0.15) is 5.78 Å². The molecule has 0 amide bonds. The number of Topliss-reactive ketones (excluding diaryl/α,β-unsaturated/α-hetero) is 1. The zero-order valence-corrected chi connectivity index (χ0v) is 12.1. The highest BCUT2D eigenvalue weighted by Crippen LogP contribution is 2.14. The molecule has 0 aliphatic rings. The molecular weight excluding hydrogens is 250 g/mol. The maximum absolute atomic E-state index is 12.0. The smallest absolute Gasteiger partial charge is 0.144 e. The van der Waals surface area contributed by atoms with E-state index in [2.05, 4.69) is 23.9 Å². The Hall–Kier alpha value is -1.97. The molecule has 0 saturated heterocycles. The molecule has 0 radical (unpaired) electrons. The van der Waals surface area contributed by atoms with Gasteiger partial charge in [-0.25, -0.2) is 0 Å². The quantitative estimate of drug-likeness (QED) is 0.777. The van der Waals surface area contributed by atoms with Crippen LogP contribution in [0.25, 0.3) is 0 Å². The van der Waals surface area contributed by atoms with Gasteiger partial charge in [0.2, 0.25) is 0 Å². The lowest BCUT2D eigenvalue weighted by molar-refractivity contribution is -0.117. The monoisotopic (exact) mass is 271 g/mol.